The standard InChI is InChI=1S/C35H32F6N6O2/c1-2-24-27(37)7-4-19-10-23(48)11-25(28(19)24)30-29(38)31-26(13-42-30)32(45-15-21-5-6-22(16-45)47(21)17-35(39,40)41)44-33(43-31)49-18-34-8-3-9-46(34)14-20(36)12-34/h1,4,7,10-11,13,20-22,48H,3,5-6,8-9,12,14-18H2/t20-,21?,22?,34+/m1/s1. The fourth-order valence-electron chi connectivity index (χ4n) is 8.54. The molecule has 4 aromatic rings. The fourth-order valence-corrected chi connectivity index (χ4v) is 8.54. The van der Waals surface area contributed by atoms with Crippen LogP contribution in [-0.2, 0) is 0 Å². The first kappa shape index (κ1) is 31.9. The molecule has 8 nitrogen and oxygen atoms in total. The maximum absolute atomic E-state index is 16.9. The first-order chi connectivity index (χ1) is 23.4. The zero-order valence-corrected chi connectivity index (χ0v) is 26.3. The van der Waals surface area contributed by atoms with Crippen molar-refractivity contribution in [3.8, 4) is 35.4 Å². The number of nitrogens with zero attached hydrogens (tertiary/aromatic N) is 6. The Morgan fingerprint density at radius 2 is 1.86 bits per heavy atom. The maximum Gasteiger partial charge on any atom is 0.401 e. The first-order valence-corrected chi connectivity index (χ1v) is 16.3. The Hall–Kier alpha value is -4.35. The van der Waals surface area contributed by atoms with Crippen molar-refractivity contribution < 1.29 is 36.2 Å². The minimum atomic E-state index is -4.35. The predicted molar refractivity (Wildman–Crippen MR) is 170 cm³/mol. The van der Waals surface area contributed by atoms with Gasteiger partial charge in [-0.1, -0.05) is 12.0 Å². The summed E-state index contributed by atoms with van der Waals surface area (Å²) in [6.45, 7) is 0.529. The molecule has 2 unspecified atom stereocenters. The lowest BCUT2D eigenvalue weighted by molar-refractivity contribution is -0.153. The summed E-state index contributed by atoms with van der Waals surface area (Å²) in [6, 6.07) is 4.26. The second-order valence-corrected chi connectivity index (χ2v) is 13.6. The second-order valence-electron chi connectivity index (χ2n) is 13.6. The lowest BCUT2D eigenvalue weighted by Gasteiger charge is -2.42. The van der Waals surface area contributed by atoms with Crippen LogP contribution in [0.15, 0.2) is 30.5 Å². The Labute approximate surface area is 277 Å². The summed E-state index contributed by atoms with van der Waals surface area (Å²) in [5.41, 5.74) is -1.06. The van der Waals surface area contributed by atoms with Crippen molar-refractivity contribution in [3.05, 3.63) is 47.7 Å². The highest BCUT2D eigenvalue weighted by molar-refractivity contribution is 6.03. The van der Waals surface area contributed by atoms with E-state index in [1.165, 1.54) is 29.3 Å². The number of fused-ring (bicyclic) bond motifs is 5. The average molecular weight is 683 g/mol. The van der Waals surface area contributed by atoms with Crippen molar-refractivity contribution in [2.75, 3.05) is 44.2 Å². The second kappa shape index (κ2) is 11.6. The molecule has 4 atom stereocenters. The highest BCUT2D eigenvalue weighted by Crippen LogP contribution is 2.43. The van der Waals surface area contributed by atoms with Crippen LogP contribution in [0.5, 0.6) is 11.8 Å². The van der Waals surface area contributed by atoms with Crippen LogP contribution in [0.2, 0.25) is 0 Å². The van der Waals surface area contributed by atoms with E-state index in [1.807, 2.05) is 4.90 Å². The topological polar surface area (TPSA) is 77.9 Å². The summed E-state index contributed by atoms with van der Waals surface area (Å²) in [5.74, 6) is 0.742. The number of pyridine rings is 1. The third-order valence-electron chi connectivity index (χ3n) is 10.6. The molecule has 4 aliphatic heterocycles. The van der Waals surface area contributed by atoms with Crippen LogP contribution < -0.4 is 9.64 Å². The van der Waals surface area contributed by atoms with E-state index in [0.717, 1.165) is 25.5 Å². The molecule has 49 heavy (non-hydrogen) atoms. The molecule has 4 fully saturated rings. The van der Waals surface area contributed by atoms with E-state index in [4.69, 9.17) is 11.2 Å². The number of ether oxygens (including phenoxy) is 1. The number of hydrogen-bond donors (Lipinski definition) is 1. The Morgan fingerprint density at radius 3 is 2.59 bits per heavy atom. The van der Waals surface area contributed by atoms with Gasteiger partial charge in [0.05, 0.1) is 23.0 Å². The molecule has 0 aliphatic carbocycles. The van der Waals surface area contributed by atoms with Crippen molar-refractivity contribution in [1.82, 2.24) is 24.8 Å². The van der Waals surface area contributed by atoms with Gasteiger partial charge in [-0.05, 0) is 55.8 Å². The number of aromatic hydroxyl groups is 1. The summed E-state index contributed by atoms with van der Waals surface area (Å²) < 4.78 is 92.6. The summed E-state index contributed by atoms with van der Waals surface area (Å²) in [7, 11) is 0. The quantitative estimate of drug-likeness (QED) is 0.197. The molecule has 0 saturated carbocycles. The van der Waals surface area contributed by atoms with E-state index in [1.54, 1.807) is 0 Å². The van der Waals surface area contributed by atoms with Gasteiger partial charge in [0.1, 0.15) is 41.4 Å². The normalized spacial score (nSPS) is 25.7. The summed E-state index contributed by atoms with van der Waals surface area (Å²) >= 11 is 0. The monoisotopic (exact) mass is 682 g/mol. The van der Waals surface area contributed by atoms with Crippen molar-refractivity contribution in [2.24, 2.45) is 0 Å². The van der Waals surface area contributed by atoms with Crippen molar-refractivity contribution in [3.63, 3.8) is 0 Å². The molecule has 6 heterocycles. The van der Waals surface area contributed by atoms with Gasteiger partial charge in [-0.3, -0.25) is 14.8 Å². The van der Waals surface area contributed by atoms with Gasteiger partial charge in [0.2, 0.25) is 0 Å². The van der Waals surface area contributed by atoms with Crippen LogP contribution in [0.4, 0.5) is 32.2 Å². The van der Waals surface area contributed by atoms with Crippen molar-refractivity contribution >= 4 is 27.5 Å². The van der Waals surface area contributed by atoms with E-state index < -0.39 is 48.1 Å². The Balaban J connectivity index is 1.24. The molecule has 2 aromatic carbocycles. The van der Waals surface area contributed by atoms with Crippen LogP contribution in [0.3, 0.4) is 0 Å². The minimum Gasteiger partial charge on any atom is -0.508 e. The smallest absolute Gasteiger partial charge is 0.401 e. The molecular formula is C35H32F6N6O2. The highest BCUT2D eigenvalue weighted by Gasteiger charge is 2.50. The van der Waals surface area contributed by atoms with E-state index in [9.17, 15) is 27.1 Å². The summed E-state index contributed by atoms with van der Waals surface area (Å²) in [6.07, 6.45) is 4.71. The Kier molecular flexibility index (Phi) is 7.56. The zero-order chi connectivity index (χ0) is 34.2. The number of benzene rings is 2. The Morgan fingerprint density at radius 1 is 1.08 bits per heavy atom. The fraction of sp³-hybridized carbons (Fsp3) is 0.457. The number of anilines is 1. The van der Waals surface area contributed by atoms with Gasteiger partial charge in [-0.2, -0.15) is 23.1 Å². The molecule has 0 amide bonds. The molecule has 2 aromatic heterocycles. The van der Waals surface area contributed by atoms with Crippen molar-refractivity contribution in [1.29, 1.82) is 0 Å². The third kappa shape index (κ3) is 5.47. The van der Waals surface area contributed by atoms with Gasteiger partial charge in [-0.15, -0.1) is 6.42 Å². The predicted octanol–water partition coefficient (Wildman–Crippen LogP) is 5.98. The summed E-state index contributed by atoms with van der Waals surface area (Å²) in [5, 5.41) is 11.3. The number of phenols is 1. The molecule has 0 radical (unpaired) electrons. The van der Waals surface area contributed by atoms with E-state index in [0.29, 0.717) is 31.2 Å². The number of terminal acetylenes is 1. The van der Waals surface area contributed by atoms with Gasteiger partial charge >= 0.3 is 12.2 Å². The van der Waals surface area contributed by atoms with Gasteiger partial charge in [0.15, 0.2) is 5.82 Å². The molecule has 4 saturated heterocycles. The molecule has 8 rings (SSSR count). The number of piperazine rings is 1. The average Bonchev–Trinajstić information content (AvgIpc) is 3.64. The van der Waals surface area contributed by atoms with Gasteiger partial charge in [-0.25, -0.2) is 13.2 Å². The van der Waals surface area contributed by atoms with Crippen LogP contribution in [0.25, 0.3) is 32.9 Å². The molecular weight excluding hydrogens is 650 g/mol. The van der Waals surface area contributed by atoms with Gasteiger partial charge < -0.3 is 14.7 Å². The summed E-state index contributed by atoms with van der Waals surface area (Å²) in [4.78, 5) is 18.9. The number of phenolic OH excluding ortho intramolecular Hbond substituents is 1. The highest BCUT2D eigenvalue weighted by atomic mass is 19.4. The largest absolute Gasteiger partial charge is 0.508 e. The number of rotatable bonds is 6. The third-order valence-corrected chi connectivity index (χ3v) is 10.6. The molecule has 256 valence electrons. The van der Waals surface area contributed by atoms with E-state index in [-0.39, 0.29) is 70.4 Å². The van der Waals surface area contributed by atoms with E-state index >= 15 is 4.39 Å². The van der Waals surface area contributed by atoms with Gasteiger partial charge in [0.25, 0.3) is 0 Å². The lowest BCUT2D eigenvalue weighted by atomic mass is 9.95. The molecule has 14 heteroatoms. The number of halogens is 6. The number of alkyl halides is 4. The molecule has 0 spiro atoms. The maximum atomic E-state index is 16.9. The minimum absolute atomic E-state index is 0.0451. The first-order valence-electron chi connectivity index (χ1n) is 16.3. The lowest BCUT2D eigenvalue weighted by Crippen LogP contribution is -2.56. The van der Waals surface area contributed by atoms with E-state index in [2.05, 4.69) is 25.8 Å². The van der Waals surface area contributed by atoms with Gasteiger partial charge in [0, 0.05) is 55.3 Å². The SMILES string of the molecule is C#Cc1c(F)ccc2cc(O)cc(-c3ncc4c(N5CC6CCC(C5)N6CC(F)(F)F)nc(OC[C@@]56CCCN5C[C@H](F)C6)nc4c3F)c12. The van der Waals surface area contributed by atoms with Crippen LogP contribution in [-0.4, -0.2) is 99.2 Å². The molecule has 2 bridgehead atoms. The van der Waals surface area contributed by atoms with Crippen LogP contribution >= 0.6 is 0 Å². The molecule has 4 aliphatic rings. The van der Waals surface area contributed by atoms with Crippen molar-refractivity contribution in [2.45, 2.75) is 62.1 Å². The zero-order valence-electron chi connectivity index (χ0n) is 26.3. The molecule has 1 N–H and O–H groups in total. The Bertz CT molecular complexity index is 2010. The van der Waals surface area contributed by atoms with Crippen LogP contribution in [0.1, 0.15) is 37.7 Å². The number of aromatic nitrogens is 3. The van der Waals surface area contributed by atoms with Crippen LogP contribution in [0, 0.1) is 24.0 Å². The number of hydrogen-bond acceptors (Lipinski definition) is 8.